The van der Waals surface area contributed by atoms with Crippen molar-refractivity contribution in [2.45, 2.75) is 53.1 Å². The lowest BCUT2D eigenvalue weighted by Crippen LogP contribution is -2.53. The fraction of sp³-hybridized carbons (Fsp3) is 0.400. The second-order valence-corrected chi connectivity index (χ2v) is 13.2. The molecule has 3 N–H and O–H groups in total. The average Bonchev–Trinajstić information content (AvgIpc) is 3.11. The Morgan fingerprint density at radius 2 is 1.90 bits per heavy atom. The Bertz CT molecular complexity index is 1790. The fourth-order valence-electron chi connectivity index (χ4n) is 5.87. The summed E-state index contributed by atoms with van der Waals surface area (Å²) >= 11 is 0. The number of carbonyl (C=O) groups is 1. The summed E-state index contributed by atoms with van der Waals surface area (Å²) < 4.78 is 0. The number of pyridine rings is 1. The van der Waals surface area contributed by atoms with Crippen molar-refractivity contribution < 1.29 is 4.79 Å². The van der Waals surface area contributed by atoms with Crippen molar-refractivity contribution in [2.24, 2.45) is 15.9 Å². The molecule has 0 atom stereocenters. The number of likely N-dealkylation sites (N-methyl/N-ethyl adjacent to an activating group) is 1. The molecule has 5 rings (SSSR count). The largest absolute Gasteiger partial charge is 0.342 e. The highest BCUT2D eigenvalue weighted by molar-refractivity contribution is 6.03. The van der Waals surface area contributed by atoms with Gasteiger partial charge < -0.3 is 25.8 Å². The third-order valence-electron chi connectivity index (χ3n) is 8.95. The van der Waals surface area contributed by atoms with Crippen LogP contribution in [0.5, 0.6) is 0 Å². The van der Waals surface area contributed by atoms with Crippen molar-refractivity contribution >= 4 is 34.3 Å². The summed E-state index contributed by atoms with van der Waals surface area (Å²) in [4.78, 5) is 33.8. The Kier molecular flexibility index (Phi) is 13.7. The number of allylic oxidation sites excluding steroid dienone is 1. The number of benzene rings is 2. The van der Waals surface area contributed by atoms with Crippen molar-refractivity contribution in [3.05, 3.63) is 83.8 Å². The van der Waals surface area contributed by atoms with Gasteiger partial charge in [-0.2, -0.15) is 4.99 Å². The van der Waals surface area contributed by atoms with Crippen LogP contribution in [0.4, 0.5) is 5.69 Å². The molecule has 1 saturated heterocycles. The highest BCUT2D eigenvalue weighted by Crippen LogP contribution is 2.31. The number of amides is 1. The van der Waals surface area contributed by atoms with Crippen LogP contribution in [0.15, 0.2) is 88.3 Å². The predicted molar refractivity (Wildman–Crippen MR) is 209 cm³/mol. The Balaban J connectivity index is 0.00000181. The SMILES string of the molecule is C#CC.CNC1CCN(C2=NC(=NCc3ccccc3-c3nccc4cc(NC(=O)/C=C/CN(C)C)ccc34)N(C)/C(=C(\C)C(C)C)N2)CC1. The number of rotatable bonds is 9. The lowest BCUT2D eigenvalue weighted by Gasteiger charge is -2.38. The number of aromatic nitrogens is 1. The molecule has 1 amide bonds. The number of likely N-dealkylation sites (tertiary alicyclic amines) is 1. The molecule has 0 aliphatic carbocycles. The van der Waals surface area contributed by atoms with Crippen LogP contribution in [-0.4, -0.2) is 91.4 Å². The predicted octanol–water partition coefficient (Wildman–Crippen LogP) is 5.92. The van der Waals surface area contributed by atoms with Crippen molar-refractivity contribution in [1.29, 1.82) is 0 Å². The Hall–Kier alpha value is -4.98. The van der Waals surface area contributed by atoms with Gasteiger partial charge in [0.25, 0.3) is 0 Å². The number of carbonyl (C=O) groups excluding carboxylic acids is 1. The van der Waals surface area contributed by atoms with Gasteiger partial charge >= 0.3 is 0 Å². The van der Waals surface area contributed by atoms with Crippen molar-refractivity contribution in [1.82, 2.24) is 30.3 Å². The van der Waals surface area contributed by atoms with E-state index in [1.54, 1.807) is 13.0 Å². The van der Waals surface area contributed by atoms with E-state index in [1.165, 1.54) is 5.57 Å². The molecule has 0 bridgehead atoms. The number of hydrogen-bond acceptors (Lipinski definition) is 7. The minimum Gasteiger partial charge on any atom is -0.342 e. The Morgan fingerprint density at radius 1 is 1.18 bits per heavy atom. The minimum absolute atomic E-state index is 0.150. The summed E-state index contributed by atoms with van der Waals surface area (Å²) in [6.07, 6.45) is 12.0. The third kappa shape index (κ3) is 9.80. The quantitative estimate of drug-likeness (QED) is 0.191. The molecular formula is C40H53N9O. The molecule has 3 heterocycles. The number of hydrogen-bond donors (Lipinski definition) is 3. The van der Waals surface area contributed by atoms with E-state index in [0.29, 0.717) is 31.0 Å². The molecule has 3 aromatic rings. The van der Waals surface area contributed by atoms with Gasteiger partial charge in [-0.05, 0) is 88.5 Å². The van der Waals surface area contributed by atoms with Crippen LogP contribution in [0.3, 0.4) is 0 Å². The molecule has 2 aromatic carbocycles. The van der Waals surface area contributed by atoms with Crippen LogP contribution >= 0.6 is 0 Å². The number of guanidine groups is 2. The highest BCUT2D eigenvalue weighted by atomic mass is 16.1. The first-order valence-electron chi connectivity index (χ1n) is 17.3. The minimum atomic E-state index is -0.150. The van der Waals surface area contributed by atoms with Crippen LogP contribution in [0, 0.1) is 18.3 Å². The fourth-order valence-corrected chi connectivity index (χ4v) is 5.87. The van der Waals surface area contributed by atoms with Crippen LogP contribution in [0.1, 0.15) is 46.1 Å². The van der Waals surface area contributed by atoms with Gasteiger partial charge in [-0.1, -0.05) is 50.3 Å². The van der Waals surface area contributed by atoms with Crippen molar-refractivity contribution in [2.75, 3.05) is 53.1 Å². The van der Waals surface area contributed by atoms with Crippen molar-refractivity contribution in [3.8, 4) is 23.6 Å². The van der Waals surface area contributed by atoms with Crippen LogP contribution < -0.4 is 16.0 Å². The first-order valence-corrected chi connectivity index (χ1v) is 17.3. The average molecular weight is 676 g/mol. The number of anilines is 1. The Labute approximate surface area is 298 Å². The molecular weight excluding hydrogens is 623 g/mol. The van der Waals surface area contributed by atoms with Gasteiger partial charge in [-0.25, -0.2) is 4.99 Å². The molecule has 10 heteroatoms. The van der Waals surface area contributed by atoms with Crippen LogP contribution in [-0.2, 0) is 11.3 Å². The zero-order chi connectivity index (χ0) is 36.2. The standard InChI is InChI=1S/C37H49N9O.C3H4/c1-25(2)26(3)35-42-37(46-21-17-29(38-4)18-22-46)43-36(45(35)7)40-24-28-11-8-9-12-31(28)34-32-15-14-30(23-27(32)16-19-39-34)41-33(47)13-10-20-44(5)6;1-3-2/h8-16,19,23,25,29,38H,17-18,20-22,24H2,1-7H3,(H,41,47)(H,40,42,43);1H,2H3/b13-10+,35-26+;. The molecule has 0 unspecified atom stereocenters. The summed E-state index contributed by atoms with van der Waals surface area (Å²) in [6.45, 7) is 11.3. The molecule has 2 aliphatic heterocycles. The maximum atomic E-state index is 12.4. The van der Waals surface area contributed by atoms with Gasteiger partial charge in [0.15, 0.2) is 0 Å². The molecule has 0 radical (unpaired) electrons. The first-order chi connectivity index (χ1) is 24.1. The van der Waals surface area contributed by atoms with E-state index in [0.717, 1.165) is 71.0 Å². The number of nitrogens with one attached hydrogen (secondary N) is 3. The van der Waals surface area contributed by atoms with Crippen LogP contribution in [0.25, 0.3) is 22.0 Å². The summed E-state index contributed by atoms with van der Waals surface area (Å²) in [6, 6.07) is 16.8. The molecule has 0 spiro atoms. The zero-order valence-corrected chi connectivity index (χ0v) is 30.9. The van der Waals surface area contributed by atoms with E-state index in [9.17, 15) is 4.79 Å². The monoisotopic (exact) mass is 675 g/mol. The van der Waals surface area contributed by atoms with Gasteiger partial charge in [0.2, 0.25) is 17.8 Å². The maximum absolute atomic E-state index is 12.4. The second-order valence-electron chi connectivity index (χ2n) is 13.2. The lowest BCUT2D eigenvalue weighted by molar-refractivity contribution is -0.111. The molecule has 1 fully saturated rings. The van der Waals surface area contributed by atoms with E-state index in [2.05, 4.69) is 71.0 Å². The summed E-state index contributed by atoms with van der Waals surface area (Å²) in [5.41, 5.74) is 4.97. The lowest BCUT2D eigenvalue weighted by atomic mass is 9.99. The first kappa shape index (κ1) is 37.8. The van der Waals surface area contributed by atoms with Crippen LogP contribution in [0.2, 0.25) is 0 Å². The van der Waals surface area contributed by atoms with E-state index in [-0.39, 0.29) is 5.91 Å². The van der Waals surface area contributed by atoms with Gasteiger partial charge in [0.1, 0.15) is 5.82 Å². The van der Waals surface area contributed by atoms with Gasteiger partial charge in [-0.15, -0.1) is 12.3 Å². The number of piperidine rings is 1. The molecule has 10 nitrogen and oxygen atoms in total. The topological polar surface area (TPSA) is 100 Å². The number of nitrogens with zero attached hydrogens (tertiary/aromatic N) is 6. The number of aliphatic imine (C=N–C) groups is 2. The zero-order valence-electron chi connectivity index (χ0n) is 30.9. The van der Waals surface area contributed by atoms with Crippen molar-refractivity contribution in [3.63, 3.8) is 0 Å². The molecule has 1 aromatic heterocycles. The highest BCUT2D eigenvalue weighted by Gasteiger charge is 2.28. The van der Waals surface area contributed by atoms with E-state index in [1.807, 2.05) is 81.8 Å². The van der Waals surface area contributed by atoms with Gasteiger partial charge in [0, 0.05) is 61.6 Å². The Morgan fingerprint density at radius 3 is 2.58 bits per heavy atom. The van der Waals surface area contributed by atoms with Gasteiger partial charge in [0.05, 0.1) is 12.2 Å². The summed E-state index contributed by atoms with van der Waals surface area (Å²) in [5, 5.41) is 12.0. The number of terminal acetylenes is 1. The molecule has 2 aliphatic rings. The van der Waals surface area contributed by atoms with E-state index < -0.39 is 0 Å². The van der Waals surface area contributed by atoms with E-state index in [4.69, 9.17) is 15.0 Å². The molecule has 50 heavy (non-hydrogen) atoms. The second kappa shape index (κ2) is 18.1. The molecule has 264 valence electrons. The van der Waals surface area contributed by atoms with E-state index >= 15 is 0 Å². The summed E-state index contributed by atoms with van der Waals surface area (Å²) in [5.74, 6) is 5.07. The molecule has 0 saturated carbocycles. The number of fused-ring (bicyclic) bond motifs is 1. The van der Waals surface area contributed by atoms with Gasteiger partial charge in [-0.3, -0.25) is 14.7 Å². The summed E-state index contributed by atoms with van der Waals surface area (Å²) in [7, 11) is 8.01. The normalized spacial score (nSPS) is 17.1. The smallest absolute Gasteiger partial charge is 0.248 e. The maximum Gasteiger partial charge on any atom is 0.248 e. The third-order valence-corrected chi connectivity index (χ3v) is 8.95.